The number of hydrogen-bond acceptors (Lipinski definition) is 4. The summed E-state index contributed by atoms with van der Waals surface area (Å²) >= 11 is 6.36. The fourth-order valence-electron chi connectivity index (χ4n) is 4.44. The van der Waals surface area contributed by atoms with Crippen molar-refractivity contribution in [2.24, 2.45) is 0 Å². The number of halogens is 1. The number of para-hydroxylation sites is 1. The van der Waals surface area contributed by atoms with E-state index in [0.29, 0.717) is 0 Å². The van der Waals surface area contributed by atoms with Gasteiger partial charge in [0.15, 0.2) is 0 Å². The maximum atomic E-state index is 6.36. The lowest BCUT2D eigenvalue weighted by Crippen LogP contribution is -2.61. The van der Waals surface area contributed by atoms with Crippen LogP contribution in [0.2, 0.25) is 5.02 Å². The lowest BCUT2D eigenvalue weighted by molar-refractivity contribution is -0.0413. The summed E-state index contributed by atoms with van der Waals surface area (Å²) in [5.41, 5.74) is 2.57. The predicted octanol–water partition coefficient (Wildman–Crippen LogP) is 4.12. The standard InChI is InChI=1S/C23H30ClN3O/c24-21-8-4-5-9-22(21)25-19-23(10-16-28-17-11-23)27-14-12-26(13-15-27)18-20-6-2-1-3-7-20/h1-9,25H,10-19H2. The third-order valence-corrected chi connectivity index (χ3v) is 6.53. The molecule has 2 heterocycles. The Bertz CT molecular complexity index is 741. The molecule has 0 unspecified atom stereocenters. The Labute approximate surface area is 173 Å². The predicted molar refractivity (Wildman–Crippen MR) is 116 cm³/mol. The van der Waals surface area contributed by atoms with Gasteiger partial charge in [0.25, 0.3) is 0 Å². The highest BCUT2D eigenvalue weighted by Gasteiger charge is 2.39. The molecule has 0 saturated carbocycles. The molecule has 4 nitrogen and oxygen atoms in total. The van der Waals surface area contributed by atoms with Gasteiger partial charge in [0.1, 0.15) is 0 Å². The Kier molecular flexibility index (Phi) is 6.53. The van der Waals surface area contributed by atoms with E-state index in [1.54, 1.807) is 0 Å². The highest BCUT2D eigenvalue weighted by atomic mass is 35.5. The van der Waals surface area contributed by atoms with Crippen LogP contribution in [0.1, 0.15) is 18.4 Å². The first-order valence-electron chi connectivity index (χ1n) is 10.3. The van der Waals surface area contributed by atoms with E-state index in [-0.39, 0.29) is 5.54 Å². The number of anilines is 1. The number of piperazine rings is 1. The van der Waals surface area contributed by atoms with E-state index in [2.05, 4.69) is 51.5 Å². The Balaban J connectivity index is 1.38. The maximum absolute atomic E-state index is 6.36. The Morgan fingerprint density at radius 1 is 0.893 bits per heavy atom. The lowest BCUT2D eigenvalue weighted by atomic mass is 9.87. The summed E-state index contributed by atoms with van der Waals surface area (Å²) in [6, 6.07) is 18.8. The molecule has 2 fully saturated rings. The zero-order valence-corrected chi connectivity index (χ0v) is 17.2. The number of hydrogen-bond donors (Lipinski definition) is 1. The molecule has 28 heavy (non-hydrogen) atoms. The van der Waals surface area contributed by atoms with Gasteiger partial charge in [0.2, 0.25) is 0 Å². The molecular formula is C23H30ClN3O. The molecule has 0 aromatic heterocycles. The second-order valence-electron chi connectivity index (χ2n) is 7.92. The third kappa shape index (κ3) is 4.69. The molecule has 2 aliphatic rings. The zero-order valence-electron chi connectivity index (χ0n) is 16.4. The molecular weight excluding hydrogens is 370 g/mol. The van der Waals surface area contributed by atoms with Crippen molar-refractivity contribution < 1.29 is 4.74 Å². The van der Waals surface area contributed by atoms with Gasteiger partial charge in [-0.15, -0.1) is 0 Å². The minimum atomic E-state index is 0.149. The third-order valence-electron chi connectivity index (χ3n) is 6.20. The summed E-state index contributed by atoms with van der Waals surface area (Å²) < 4.78 is 5.70. The van der Waals surface area contributed by atoms with Gasteiger partial charge in [-0.1, -0.05) is 54.1 Å². The minimum Gasteiger partial charge on any atom is -0.382 e. The second kappa shape index (κ2) is 9.27. The van der Waals surface area contributed by atoms with Crippen molar-refractivity contribution >= 4 is 17.3 Å². The highest BCUT2D eigenvalue weighted by molar-refractivity contribution is 6.33. The molecule has 1 N–H and O–H groups in total. The van der Waals surface area contributed by atoms with Crippen LogP contribution in [0.3, 0.4) is 0 Å². The number of nitrogens with one attached hydrogen (secondary N) is 1. The minimum absolute atomic E-state index is 0.149. The van der Waals surface area contributed by atoms with E-state index >= 15 is 0 Å². The number of ether oxygens (including phenoxy) is 1. The first-order valence-corrected chi connectivity index (χ1v) is 10.7. The monoisotopic (exact) mass is 399 g/mol. The van der Waals surface area contributed by atoms with E-state index in [9.17, 15) is 0 Å². The molecule has 2 aromatic carbocycles. The van der Waals surface area contributed by atoms with Crippen LogP contribution in [0.5, 0.6) is 0 Å². The van der Waals surface area contributed by atoms with Crippen molar-refractivity contribution in [3.8, 4) is 0 Å². The number of nitrogens with zero attached hydrogens (tertiary/aromatic N) is 2. The van der Waals surface area contributed by atoms with E-state index in [1.165, 1.54) is 5.56 Å². The van der Waals surface area contributed by atoms with Gasteiger partial charge >= 0.3 is 0 Å². The van der Waals surface area contributed by atoms with Crippen molar-refractivity contribution in [3.63, 3.8) is 0 Å². The van der Waals surface area contributed by atoms with Gasteiger partial charge < -0.3 is 10.1 Å². The fraction of sp³-hybridized carbons (Fsp3) is 0.478. The van der Waals surface area contributed by atoms with E-state index in [4.69, 9.17) is 16.3 Å². The van der Waals surface area contributed by atoms with Crippen LogP contribution in [0.15, 0.2) is 54.6 Å². The Morgan fingerprint density at radius 3 is 2.29 bits per heavy atom. The van der Waals surface area contributed by atoms with Crippen molar-refractivity contribution in [2.75, 3.05) is 51.3 Å². The zero-order chi connectivity index (χ0) is 19.2. The average molecular weight is 400 g/mol. The smallest absolute Gasteiger partial charge is 0.0637 e. The molecule has 0 aliphatic carbocycles. The second-order valence-corrected chi connectivity index (χ2v) is 8.33. The van der Waals surface area contributed by atoms with Crippen LogP contribution >= 0.6 is 11.6 Å². The molecule has 2 saturated heterocycles. The molecule has 0 spiro atoms. The molecule has 150 valence electrons. The highest BCUT2D eigenvalue weighted by Crippen LogP contribution is 2.31. The number of benzene rings is 2. The summed E-state index contributed by atoms with van der Waals surface area (Å²) in [6.07, 6.45) is 2.15. The molecule has 2 aliphatic heterocycles. The first kappa shape index (κ1) is 19.7. The van der Waals surface area contributed by atoms with Crippen LogP contribution in [0.4, 0.5) is 5.69 Å². The van der Waals surface area contributed by atoms with Crippen molar-refractivity contribution in [1.29, 1.82) is 0 Å². The topological polar surface area (TPSA) is 27.7 Å². The molecule has 0 bridgehead atoms. The van der Waals surface area contributed by atoms with Crippen LogP contribution in [0, 0.1) is 0 Å². The SMILES string of the molecule is Clc1ccccc1NCC1(N2CCN(Cc3ccccc3)CC2)CCOCC1. The van der Waals surface area contributed by atoms with Gasteiger partial charge in [-0.3, -0.25) is 9.80 Å². The van der Waals surface area contributed by atoms with Crippen LogP contribution in [-0.2, 0) is 11.3 Å². The van der Waals surface area contributed by atoms with Crippen LogP contribution in [-0.4, -0.2) is 61.3 Å². The largest absolute Gasteiger partial charge is 0.382 e. The van der Waals surface area contributed by atoms with Gasteiger partial charge in [-0.05, 0) is 30.5 Å². The summed E-state index contributed by atoms with van der Waals surface area (Å²) in [4.78, 5) is 5.27. The summed E-state index contributed by atoms with van der Waals surface area (Å²) in [5, 5.41) is 4.42. The van der Waals surface area contributed by atoms with Crippen molar-refractivity contribution in [3.05, 3.63) is 65.2 Å². The van der Waals surface area contributed by atoms with Crippen LogP contribution < -0.4 is 5.32 Å². The van der Waals surface area contributed by atoms with Crippen molar-refractivity contribution in [1.82, 2.24) is 9.80 Å². The normalized spacial score (nSPS) is 20.8. The summed E-state index contributed by atoms with van der Waals surface area (Å²) in [6.45, 7) is 8.09. The van der Waals surface area contributed by atoms with Crippen molar-refractivity contribution in [2.45, 2.75) is 24.9 Å². The van der Waals surface area contributed by atoms with Gasteiger partial charge in [-0.2, -0.15) is 0 Å². The van der Waals surface area contributed by atoms with E-state index in [0.717, 1.165) is 76.0 Å². The Morgan fingerprint density at radius 2 is 1.57 bits per heavy atom. The molecule has 5 heteroatoms. The molecule has 2 aromatic rings. The van der Waals surface area contributed by atoms with Gasteiger partial charge in [0.05, 0.1) is 10.7 Å². The fourth-order valence-corrected chi connectivity index (χ4v) is 4.64. The average Bonchev–Trinajstić information content (AvgIpc) is 2.75. The first-order chi connectivity index (χ1) is 13.8. The molecule has 0 amide bonds. The number of rotatable bonds is 6. The van der Waals surface area contributed by atoms with Crippen LogP contribution in [0.25, 0.3) is 0 Å². The van der Waals surface area contributed by atoms with Gasteiger partial charge in [-0.25, -0.2) is 0 Å². The molecule has 0 atom stereocenters. The molecule has 0 radical (unpaired) electrons. The van der Waals surface area contributed by atoms with E-state index < -0.39 is 0 Å². The summed E-state index contributed by atoms with van der Waals surface area (Å²) in [7, 11) is 0. The maximum Gasteiger partial charge on any atom is 0.0637 e. The van der Waals surface area contributed by atoms with E-state index in [1.807, 2.05) is 18.2 Å². The quantitative estimate of drug-likeness (QED) is 0.790. The molecule has 4 rings (SSSR count). The van der Waals surface area contributed by atoms with Gasteiger partial charge in [0, 0.05) is 58.0 Å². The Hall–Kier alpha value is -1.59. The lowest BCUT2D eigenvalue weighted by Gasteiger charge is -2.50. The summed E-state index contributed by atoms with van der Waals surface area (Å²) in [5.74, 6) is 0.